The normalized spacial score (nSPS) is 14.4. The van der Waals surface area contributed by atoms with Gasteiger partial charge in [-0.15, -0.1) is 0 Å². The van der Waals surface area contributed by atoms with Gasteiger partial charge in [-0.1, -0.05) is 55.8 Å². The van der Waals surface area contributed by atoms with Gasteiger partial charge in [0, 0.05) is 52.9 Å². The molecule has 0 saturated heterocycles. The molecule has 40 heavy (non-hydrogen) atoms. The van der Waals surface area contributed by atoms with Gasteiger partial charge in [-0.05, 0) is 36.1 Å². The Morgan fingerprint density at radius 2 is 1.93 bits per heavy atom. The quantitative estimate of drug-likeness (QED) is 0.157. The zero-order valence-corrected chi connectivity index (χ0v) is 23.0. The summed E-state index contributed by atoms with van der Waals surface area (Å²) in [6, 6.07) is 12.5. The highest BCUT2D eigenvalue weighted by Crippen LogP contribution is 2.28. The summed E-state index contributed by atoms with van der Waals surface area (Å²) in [7, 11) is 0. The van der Waals surface area contributed by atoms with Crippen LogP contribution < -0.4 is 20.7 Å². The van der Waals surface area contributed by atoms with Crippen molar-refractivity contribution in [1.29, 1.82) is 0 Å². The first-order valence-corrected chi connectivity index (χ1v) is 14.0. The topological polar surface area (TPSA) is 121 Å². The van der Waals surface area contributed by atoms with Gasteiger partial charge in [0.05, 0.1) is 0 Å². The lowest BCUT2D eigenvalue weighted by atomic mass is 9.84. The highest BCUT2D eigenvalue weighted by Gasteiger charge is 2.25. The van der Waals surface area contributed by atoms with Crippen LogP contribution in [0.5, 0.6) is 0 Å². The number of nitrogens with zero attached hydrogens (tertiary/aromatic N) is 5. The minimum atomic E-state index is -0.462. The van der Waals surface area contributed by atoms with E-state index in [-0.39, 0.29) is 5.91 Å². The van der Waals surface area contributed by atoms with Gasteiger partial charge >= 0.3 is 0 Å². The molecule has 0 bridgehead atoms. The fourth-order valence-corrected chi connectivity index (χ4v) is 5.12. The van der Waals surface area contributed by atoms with Gasteiger partial charge in [-0.3, -0.25) is 14.6 Å². The molecule has 0 radical (unpaired) electrons. The number of carbonyl (C=O) groups is 1. The standard InChI is InChI=1S/C29H33ClN8O2/c30-24-10-8-22(9-11-24)17-32-28(39)25(15-21-5-2-1-3-6-21)34-26-16-27(37-14-12-31-20-37)36-29(35-26)33-18-23-7-4-13-38(40)19-23/h4,7-14,16,19-21,25H,1-3,5-6,15,17-18H2,(H3-,32,33,34,35,36,39,40)/p+1/t25-/m1/s1. The number of anilines is 2. The van der Waals surface area contributed by atoms with Crippen LogP contribution in [0.4, 0.5) is 11.8 Å². The number of aromatic nitrogens is 5. The van der Waals surface area contributed by atoms with Crippen molar-refractivity contribution >= 4 is 29.3 Å². The molecule has 1 amide bonds. The first kappa shape index (κ1) is 27.4. The van der Waals surface area contributed by atoms with Crippen molar-refractivity contribution in [3.63, 3.8) is 0 Å². The zero-order valence-electron chi connectivity index (χ0n) is 22.2. The van der Waals surface area contributed by atoms with E-state index in [9.17, 15) is 10.0 Å². The van der Waals surface area contributed by atoms with Crippen LogP contribution in [0.3, 0.4) is 0 Å². The molecule has 0 aliphatic heterocycles. The van der Waals surface area contributed by atoms with Crippen LogP contribution in [-0.2, 0) is 17.9 Å². The molecular weight excluding hydrogens is 528 g/mol. The van der Waals surface area contributed by atoms with Crippen LogP contribution in [0.1, 0.15) is 49.7 Å². The minimum Gasteiger partial charge on any atom is -0.358 e. The smallest absolute Gasteiger partial charge is 0.242 e. The molecule has 1 fully saturated rings. The SMILES string of the molecule is O=C(NCc1ccc(Cl)cc1)[C@@H](CC1CCCCC1)Nc1cc(-n2ccnc2)nc(NCc2ccc[n+](O)c2)n1. The second kappa shape index (κ2) is 13.3. The van der Waals surface area contributed by atoms with Crippen LogP contribution in [0.25, 0.3) is 5.82 Å². The van der Waals surface area contributed by atoms with E-state index in [1.54, 1.807) is 41.7 Å². The molecule has 0 spiro atoms. The summed E-state index contributed by atoms with van der Waals surface area (Å²) in [4.78, 5) is 27.0. The lowest BCUT2D eigenvalue weighted by Gasteiger charge is -2.27. The average molecular weight is 562 g/mol. The number of amides is 1. The highest BCUT2D eigenvalue weighted by molar-refractivity contribution is 6.30. The molecular formula is C29H34ClN8O2+. The molecule has 3 aromatic heterocycles. The van der Waals surface area contributed by atoms with E-state index < -0.39 is 6.04 Å². The van der Waals surface area contributed by atoms with Crippen molar-refractivity contribution in [3.8, 4) is 5.82 Å². The third-order valence-electron chi connectivity index (χ3n) is 7.09. The minimum absolute atomic E-state index is 0.0744. The van der Waals surface area contributed by atoms with E-state index >= 15 is 0 Å². The number of hydrogen-bond acceptors (Lipinski definition) is 7. The Kier molecular flexibility index (Phi) is 9.07. The number of pyridine rings is 1. The predicted molar refractivity (Wildman–Crippen MR) is 152 cm³/mol. The Labute approximate surface area is 238 Å². The Bertz CT molecular complexity index is 1390. The maximum Gasteiger partial charge on any atom is 0.242 e. The second-order valence-corrected chi connectivity index (χ2v) is 10.6. The first-order chi connectivity index (χ1) is 19.5. The van der Waals surface area contributed by atoms with Gasteiger partial charge < -0.3 is 16.0 Å². The molecule has 4 aromatic rings. The first-order valence-electron chi connectivity index (χ1n) is 13.6. The van der Waals surface area contributed by atoms with E-state index in [0.29, 0.717) is 41.6 Å². The third-order valence-corrected chi connectivity index (χ3v) is 7.34. The van der Waals surface area contributed by atoms with Crippen molar-refractivity contribution in [2.24, 2.45) is 5.92 Å². The van der Waals surface area contributed by atoms with Crippen molar-refractivity contribution in [2.75, 3.05) is 10.6 Å². The van der Waals surface area contributed by atoms with Gasteiger partial charge in [0.15, 0.2) is 0 Å². The molecule has 10 nitrogen and oxygen atoms in total. The van der Waals surface area contributed by atoms with Crippen LogP contribution in [0, 0.1) is 5.92 Å². The van der Waals surface area contributed by atoms with Gasteiger partial charge in [0.25, 0.3) is 0 Å². The molecule has 1 aromatic carbocycles. The van der Waals surface area contributed by atoms with E-state index in [4.69, 9.17) is 16.6 Å². The maximum absolute atomic E-state index is 13.5. The Morgan fingerprint density at radius 1 is 1.10 bits per heavy atom. The van der Waals surface area contributed by atoms with Crippen molar-refractivity contribution in [1.82, 2.24) is 24.8 Å². The van der Waals surface area contributed by atoms with Crippen LogP contribution in [-0.4, -0.2) is 36.7 Å². The van der Waals surface area contributed by atoms with Gasteiger partial charge in [0.1, 0.15) is 24.0 Å². The Hall–Kier alpha value is -4.18. The molecule has 1 aliphatic carbocycles. The van der Waals surface area contributed by atoms with E-state index in [2.05, 4.69) is 25.9 Å². The van der Waals surface area contributed by atoms with Crippen LogP contribution in [0.15, 0.2) is 73.6 Å². The molecule has 4 N–H and O–H groups in total. The largest absolute Gasteiger partial charge is 0.358 e. The van der Waals surface area contributed by atoms with Gasteiger partial charge in [-0.2, -0.15) is 9.97 Å². The molecule has 0 unspecified atom stereocenters. The maximum atomic E-state index is 13.5. The average Bonchev–Trinajstić information content (AvgIpc) is 3.51. The van der Waals surface area contributed by atoms with Crippen molar-refractivity contribution < 1.29 is 14.7 Å². The highest BCUT2D eigenvalue weighted by atomic mass is 35.5. The molecule has 1 atom stereocenters. The molecule has 208 valence electrons. The van der Waals surface area contributed by atoms with Crippen LogP contribution in [0.2, 0.25) is 5.02 Å². The van der Waals surface area contributed by atoms with Crippen molar-refractivity contribution in [3.05, 3.63) is 89.7 Å². The number of halogens is 1. The summed E-state index contributed by atoms with van der Waals surface area (Å²) in [6.45, 7) is 0.818. The van der Waals surface area contributed by atoms with E-state index in [1.165, 1.54) is 19.3 Å². The number of imidazole rings is 1. The zero-order chi connectivity index (χ0) is 27.7. The molecule has 11 heteroatoms. The number of nitrogens with one attached hydrogen (secondary N) is 3. The lowest BCUT2D eigenvalue weighted by molar-refractivity contribution is -0.905. The fraction of sp³-hybridized carbons (Fsp3) is 0.345. The summed E-state index contributed by atoms with van der Waals surface area (Å²) in [5.74, 6) is 1.94. The summed E-state index contributed by atoms with van der Waals surface area (Å²) in [6.07, 6.45) is 14.9. The monoisotopic (exact) mass is 561 g/mol. The number of benzene rings is 1. The Balaban J connectivity index is 1.36. The summed E-state index contributed by atoms with van der Waals surface area (Å²) in [5.41, 5.74) is 1.84. The summed E-state index contributed by atoms with van der Waals surface area (Å²) >= 11 is 6.02. The summed E-state index contributed by atoms with van der Waals surface area (Å²) in [5, 5.41) is 20.1. The lowest BCUT2D eigenvalue weighted by Crippen LogP contribution is -2.41. The second-order valence-electron chi connectivity index (χ2n) is 10.1. The van der Waals surface area contributed by atoms with Gasteiger partial charge in [-0.25, -0.2) is 4.98 Å². The predicted octanol–water partition coefficient (Wildman–Crippen LogP) is 4.52. The van der Waals surface area contributed by atoms with E-state index in [1.807, 2.05) is 36.4 Å². The fourth-order valence-electron chi connectivity index (χ4n) is 4.99. The molecule has 5 rings (SSSR count). The number of hydrogen-bond donors (Lipinski definition) is 4. The number of rotatable bonds is 11. The van der Waals surface area contributed by atoms with Crippen molar-refractivity contribution in [2.45, 2.75) is 57.7 Å². The number of carbonyl (C=O) groups excluding carboxylic acids is 1. The van der Waals surface area contributed by atoms with Crippen LogP contribution >= 0.6 is 11.6 Å². The van der Waals surface area contributed by atoms with E-state index in [0.717, 1.165) is 35.1 Å². The van der Waals surface area contributed by atoms with Gasteiger partial charge in [0.2, 0.25) is 24.2 Å². The molecule has 3 heterocycles. The third kappa shape index (κ3) is 7.69. The Morgan fingerprint density at radius 3 is 2.67 bits per heavy atom. The molecule has 1 saturated carbocycles. The molecule has 1 aliphatic rings. The summed E-state index contributed by atoms with van der Waals surface area (Å²) < 4.78 is 2.80.